The van der Waals surface area contributed by atoms with Crippen molar-refractivity contribution in [2.24, 2.45) is 0 Å². The lowest BCUT2D eigenvalue weighted by molar-refractivity contribution is -0.136. The monoisotopic (exact) mass is 399 g/mol. The summed E-state index contributed by atoms with van der Waals surface area (Å²) in [6.07, 6.45) is -4.59. The van der Waals surface area contributed by atoms with E-state index in [4.69, 9.17) is 0 Å². The largest absolute Gasteiger partial charge is 0.417 e. The van der Waals surface area contributed by atoms with Crippen molar-refractivity contribution in [3.63, 3.8) is 0 Å². The van der Waals surface area contributed by atoms with Crippen molar-refractivity contribution in [3.8, 4) is 16.9 Å². The Labute approximate surface area is 164 Å². The van der Waals surface area contributed by atoms with Gasteiger partial charge in [-0.2, -0.15) is 18.3 Å². The summed E-state index contributed by atoms with van der Waals surface area (Å²) in [4.78, 5) is 4.48. The van der Waals surface area contributed by atoms with Crippen molar-refractivity contribution in [3.05, 3.63) is 76.7 Å². The fourth-order valence-corrected chi connectivity index (χ4v) is 3.32. The molecule has 2 aromatic heterocycles. The Morgan fingerprint density at radius 1 is 0.862 bits per heavy atom. The molecule has 0 saturated carbocycles. The van der Waals surface area contributed by atoms with E-state index in [0.29, 0.717) is 11.3 Å². The number of aromatic nitrogens is 3. The number of alkyl halides is 3. The summed E-state index contributed by atoms with van der Waals surface area (Å²) >= 11 is 0. The molecule has 4 rings (SSSR count). The Morgan fingerprint density at radius 2 is 1.55 bits per heavy atom. The molecule has 7 heteroatoms. The summed E-state index contributed by atoms with van der Waals surface area (Å²) < 4.78 is 56.3. The van der Waals surface area contributed by atoms with Crippen LogP contribution in [0.1, 0.15) is 22.4 Å². The highest BCUT2D eigenvalue weighted by molar-refractivity contribution is 5.87. The number of benzene rings is 2. The molecule has 0 amide bonds. The SMILES string of the molecule is Cc1ccc(-n2nc(C)c3c(C(F)(F)F)cc(-c4ccc(F)cc4)nc32)cc1C. The van der Waals surface area contributed by atoms with Crippen molar-refractivity contribution < 1.29 is 17.6 Å². The standard InChI is InChI=1S/C22H17F4N3/c1-12-4-9-17(10-13(12)2)29-21-20(14(3)28-29)18(22(24,25)26)11-19(27-21)15-5-7-16(23)8-6-15/h4-11H,1-3H3. The van der Waals surface area contributed by atoms with Gasteiger partial charge in [0.05, 0.1) is 28.0 Å². The first-order valence-corrected chi connectivity index (χ1v) is 8.96. The van der Waals surface area contributed by atoms with E-state index in [1.54, 1.807) is 6.07 Å². The lowest BCUT2D eigenvalue weighted by Crippen LogP contribution is -2.08. The number of pyridine rings is 1. The Hall–Kier alpha value is -3.22. The molecule has 0 spiro atoms. The first-order chi connectivity index (χ1) is 13.6. The molecule has 0 aliphatic carbocycles. The maximum Gasteiger partial charge on any atom is 0.417 e. The van der Waals surface area contributed by atoms with Gasteiger partial charge in [-0.1, -0.05) is 6.07 Å². The van der Waals surface area contributed by atoms with Gasteiger partial charge in [0.25, 0.3) is 0 Å². The van der Waals surface area contributed by atoms with Crippen molar-refractivity contribution in [2.45, 2.75) is 26.9 Å². The molecule has 0 N–H and O–H groups in total. The summed E-state index contributed by atoms with van der Waals surface area (Å²) in [6.45, 7) is 5.42. The average molecular weight is 399 g/mol. The van der Waals surface area contributed by atoms with Gasteiger partial charge in [-0.05, 0) is 74.4 Å². The summed E-state index contributed by atoms with van der Waals surface area (Å²) in [5.74, 6) is -0.470. The van der Waals surface area contributed by atoms with Crippen LogP contribution in [0.5, 0.6) is 0 Å². The van der Waals surface area contributed by atoms with Crippen LogP contribution in [0.2, 0.25) is 0 Å². The number of hydrogen-bond acceptors (Lipinski definition) is 2. The van der Waals surface area contributed by atoms with Gasteiger partial charge in [0.1, 0.15) is 5.82 Å². The van der Waals surface area contributed by atoms with Gasteiger partial charge in [0, 0.05) is 5.56 Å². The second kappa shape index (κ2) is 6.69. The Kier molecular flexibility index (Phi) is 4.41. The molecule has 0 aliphatic rings. The zero-order valence-electron chi connectivity index (χ0n) is 16.0. The first kappa shape index (κ1) is 19.1. The molecular formula is C22H17F4N3. The molecule has 2 heterocycles. The third kappa shape index (κ3) is 3.37. The number of hydrogen-bond donors (Lipinski definition) is 0. The third-order valence-corrected chi connectivity index (χ3v) is 4.99. The number of nitrogens with zero attached hydrogens (tertiary/aromatic N) is 3. The van der Waals surface area contributed by atoms with Crippen LogP contribution in [0, 0.1) is 26.6 Å². The van der Waals surface area contributed by atoms with Gasteiger partial charge in [-0.25, -0.2) is 14.1 Å². The van der Waals surface area contributed by atoms with E-state index in [1.165, 1.54) is 35.9 Å². The number of halogens is 4. The van der Waals surface area contributed by atoms with Crippen LogP contribution in [-0.4, -0.2) is 14.8 Å². The molecule has 4 aromatic rings. The molecular weight excluding hydrogens is 382 g/mol. The van der Waals surface area contributed by atoms with E-state index in [0.717, 1.165) is 17.2 Å². The maximum absolute atomic E-state index is 13.9. The number of fused-ring (bicyclic) bond motifs is 1. The predicted octanol–water partition coefficient (Wildman–Crippen LogP) is 6.17. The van der Waals surface area contributed by atoms with Crippen molar-refractivity contribution >= 4 is 11.0 Å². The quantitative estimate of drug-likeness (QED) is 0.377. The highest BCUT2D eigenvalue weighted by atomic mass is 19.4. The van der Waals surface area contributed by atoms with Gasteiger partial charge in [-0.15, -0.1) is 0 Å². The van der Waals surface area contributed by atoms with Crippen LogP contribution < -0.4 is 0 Å². The smallest absolute Gasteiger partial charge is 0.228 e. The van der Waals surface area contributed by atoms with E-state index >= 15 is 0 Å². The first-order valence-electron chi connectivity index (χ1n) is 8.96. The molecule has 0 radical (unpaired) electrons. The number of aryl methyl sites for hydroxylation is 3. The van der Waals surface area contributed by atoms with Crippen LogP contribution in [0.4, 0.5) is 17.6 Å². The topological polar surface area (TPSA) is 30.7 Å². The lowest BCUT2D eigenvalue weighted by Gasteiger charge is -2.12. The zero-order valence-corrected chi connectivity index (χ0v) is 16.0. The molecule has 0 bridgehead atoms. The minimum atomic E-state index is -4.59. The van der Waals surface area contributed by atoms with Gasteiger partial charge < -0.3 is 0 Å². The molecule has 0 aliphatic heterocycles. The second-order valence-electron chi connectivity index (χ2n) is 7.02. The van der Waals surface area contributed by atoms with Crippen LogP contribution in [0.25, 0.3) is 28.0 Å². The van der Waals surface area contributed by atoms with Crippen LogP contribution in [0.15, 0.2) is 48.5 Å². The van der Waals surface area contributed by atoms with E-state index < -0.39 is 17.6 Å². The molecule has 0 saturated heterocycles. The van der Waals surface area contributed by atoms with E-state index in [9.17, 15) is 17.6 Å². The normalized spacial score (nSPS) is 12.0. The minimum absolute atomic E-state index is 0.0402. The Balaban J connectivity index is 2.05. The Morgan fingerprint density at radius 3 is 2.17 bits per heavy atom. The van der Waals surface area contributed by atoms with Gasteiger partial charge >= 0.3 is 6.18 Å². The maximum atomic E-state index is 13.9. The molecule has 148 valence electrons. The molecule has 3 nitrogen and oxygen atoms in total. The van der Waals surface area contributed by atoms with Crippen molar-refractivity contribution in [2.75, 3.05) is 0 Å². The van der Waals surface area contributed by atoms with Crippen molar-refractivity contribution in [1.82, 2.24) is 14.8 Å². The van der Waals surface area contributed by atoms with E-state index in [2.05, 4.69) is 10.1 Å². The van der Waals surface area contributed by atoms with Gasteiger partial charge in [-0.3, -0.25) is 0 Å². The summed E-state index contributed by atoms with van der Waals surface area (Å²) in [7, 11) is 0. The predicted molar refractivity (Wildman–Crippen MR) is 103 cm³/mol. The average Bonchev–Trinajstić information content (AvgIpc) is 3.00. The van der Waals surface area contributed by atoms with Crippen molar-refractivity contribution in [1.29, 1.82) is 0 Å². The number of rotatable bonds is 2. The van der Waals surface area contributed by atoms with Gasteiger partial charge in [0.15, 0.2) is 5.65 Å². The third-order valence-electron chi connectivity index (χ3n) is 4.99. The highest BCUT2D eigenvalue weighted by Crippen LogP contribution is 2.38. The van der Waals surface area contributed by atoms with Crippen LogP contribution >= 0.6 is 0 Å². The lowest BCUT2D eigenvalue weighted by atomic mass is 10.0. The fraction of sp³-hybridized carbons (Fsp3) is 0.182. The molecule has 29 heavy (non-hydrogen) atoms. The van der Waals surface area contributed by atoms with E-state index in [-0.39, 0.29) is 22.4 Å². The zero-order chi connectivity index (χ0) is 20.9. The molecule has 0 fully saturated rings. The molecule has 0 unspecified atom stereocenters. The van der Waals surface area contributed by atoms with Crippen LogP contribution in [-0.2, 0) is 6.18 Å². The molecule has 0 atom stereocenters. The van der Waals surface area contributed by atoms with Crippen LogP contribution in [0.3, 0.4) is 0 Å². The molecule has 2 aromatic carbocycles. The summed E-state index contributed by atoms with van der Waals surface area (Å²) in [6, 6.07) is 11.8. The van der Waals surface area contributed by atoms with E-state index in [1.807, 2.05) is 26.0 Å². The summed E-state index contributed by atoms with van der Waals surface area (Å²) in [5.41, 5.74) is 2.73. The second-order valence-corrected chi connectivity index (χ2v) is 7.02. The van der Waals surface area contributed by atoms with Gasteiger partial charge in [0.2, 0.25) is 0 Å². The Bertz CT molecular complexity index is 1220. The highest BCUT2D eigenvalue weighted by Gasteiger charge is 2.35. The minimum Gasteiger partial charge on any atom is -0.228 e. The fourth-order valence-electron chi connectivity index (χ4n) is 3.32. The summed E-state index contributed by atoms with van der Waals surface area (Å²) in [5, 5.41) is 4.31.